The van der Waals surface area contributed by atoms with Crippen molar-refractivity contribution in [2.24, 2.45) is 0 Å². The number of nitrogens with zero attached hydrogens (tertiary/aromatic N) is 1. The number of benzene rings is 2. The Morgan fingerprint density at radius 2 is 1.65 bits per heavy atom. The van der Waals surface area contributed by atoms with E-state index >= 15 is 0 Å². The summed E-state index contributed by atoms with van der Waals surface area (Å²) in [5, 5.41) is 2.54. The van der Waals surface area contributed by atoms with E-state index < -0.39 is 0 Å². The molecule has 0 fully saturated rings. The van der Waals surface area contributed by atoms with Crippen molar-refractivity contribution in [1.29, 1.82) is 0 Å². The van der Waals surface area contributed by atoms with Gasteiger partial charge < -0.3 is 0 Å². The summed E-state index contributed by atoms with van der Waals surface area (Å²) in [5.41, 5.74) is 3.49. The van der Waals surface area contributed by atoms with Gasteiger partial charge in [0.05, 0.1) is 5.69 Å². The number of pyridine rings is 1. The van der Waals surface area contributed by atoms with Crippen LogP contribution < -0.4 is 0 Å². The average molecular weight is 219 g/mol. The largest absolute Gasteiger partial charge is 0.256 e. The Morgan fingerprint density at radius 1 is 0.824 bits per heavy atom. The molecular formula is C16H13N. The summed E-state index contributed by atoms with van der Waals surface area (Å²) in [4.78, 5) is 4.37. The third kappa shape index (κ3) is 1.92. The normalized spacial score (nSPS) is 10.6. The summed E-state index contributed by atoms with van der Waals surface area (Å²) in [6, 6.07) is 19.0. The number of hydrogen-bond acceptors (Lipinski definition) is 1. The molecule has 0 saturated carbocycles. The molecule has 0 amide bonds. The number of rotatable bonds is 1. The molecule has 0 atom stereocenters. The highest BCUT2D eigenvalue weighted by molar-refractivity contribution is 5.87. The summed E-state index contributed by atoms with van der Waals surface area (Å²) in [6.45, 7) is 2.12. The minimum Gasteiger partial charge on any atom is -0.256 e. The molecule has 1 heteroatoms. The zero-order valence-electron chi connectivity index (χ0n) is 9.72. The molecule has 1 heterocycles. The third-order valence-electron chi connectivity index (χ3n) is 2.96. The molecule has 1 nitrogen and oxygen atoms in total. The summed E-state index contributed by atoms with van der Waals surface area (Å²) in [6.07, 6.45) is 1.83. The van der Waals surface area contributed by atoms with Crippen LogP contribution in [0.4, 0.5) is 0 Å². The number of aromatic nitrogens is 1. The molecule has 0 aliphatic heterocycles. The lowest BCUT2D eigenvalue weighted by atomic mass is 10.0. The molecule has 17 heavy (non-hydrogen) atoms. The van der Waals surface area contributed by atoms with Crippen LogP contribution in [0.5, 0.6) is 0 Å². The molecule has 1 aromatic heterocycles. The van der Waals surface area contributed by atoms with E-state index in [-0.39, 0.29) is 0 Å². The van der Waals surface area contributed by atoms with Gasteiger partial charge in [0, 0.05) is 11.8 Å². The van der Waals surface area contributed by atoms with Crippen molar-refractivity contribution in [1.82, 2.24) is 4.98 Å². The summed E-state index contributed by atoms with van der Waals surface area (Å²) >= 11 is 0. The lowest BCUT2D eigenvalue weighted by Gasteiger charge is -2.04. The van der Waals surface area contributed by atoms with E-state index in [2.05, 4.69) is 48.3 Å². The van der Waals surface area contributed by atoms with Crippen molar-refractivity contribution in [2.75, 3.05) is 0 Å². The predicted molar refractivity (Wildman–Crippen MR) is 71.9 cm³/mol. The maximum atomic E-state index is 4.37. The number of fused-ring (bicyclic) bond motifs is 1. The fourth-order valence-electron chi connectivity index (χ4n) is 2.06. The third-order valence-corrected chi connectivity index (χ3v) is 2.96. The van der Waals surface area contributed by atoms with Gasteiger partial charge in [-0.3, -0.25) is 4.98 Å². The van der Waals surface area contributed by atoms with Crippen LogP contribution in [0.1, 0.15) is 5.56 Å². The van der Waals surface area contributed by atoms with Crippen LogP contribution in [-0.4, -0.2) is 4.98 Å². The first-order valence-electron chi connectivity index (χ1n) is 5.75. The van der Waals surface area contributed by atoms with Gasteiger partial charge in [0.1, 0.15) is 0 Å². The van der Waals surface area contributed by atoms with Crippen LogP contribution in [0, 0.1) is 6.92 Å². The number of hydrogen-bond donors (Lipinski definition) is 0. The van der Waals surface area contributed by atoms with Gasteiger partial charge in [-0.1, -0.05) is 42.0 Å². The lowest BCUT2D eigenvalue weighted by molar-refractivity contribution is 1.33. The maximum absolute atomic E-state index is 4.37. The molecule has 0 unspecified atom stereocenters. The quantitative estimate of drug-likeness (QED) is 0.597. The molecule has 82 valence electrons. The van der Waals surface area contributed by atoms with E-state index in [1.165, 1.54) is 21.9 Å². The average Bonchev–Trinajstić information content (AvgIpc) is 2.39. The van der Waals surface area contributed by atoms with Gasteiger partial charge in [-0.2, -0.15) is 0 Å². The van der Waals surface area contributed by atoms with Crippen molar-refractivity contribution in [3.05, 3.63) is 66.4 Å². The van der Waals surface area contributed by atoms with Crippen molar-refractivity contribution in [2.45, 2.75) is 6.92 Å². The second kappa shape index (κ2) is 4.02. The minimum atomic E-state index is 1.02. The Balaban J connectivity index is 2.17. The SMILES string of the molecule is Cc1ccc2cc(-c3ccccn3)ccc2c1. The molecular weight excluding hydrogens is 206 g/mol. The van der Waals surface area contributed by atoms with Crippen molar-refractivity contribution < 1.29 is 0 Å². The minimum absolute atomic E-state index is 1.02. The van der Waals surface area contributed by atoms with Crippen molar-refractivity contribution in [3.8, 4) is 11.3 Å². The van der Waals surface area contributed by atoms with Gasteiger partial charge in [0.25, 0.3) is 0 Å². The Bertz CT molecular complexity index is 657. The first kappa shape index (κ1) is 10.0. The summed E-state index contributed by atoms with van der Waals surface area (Å²) < 4.78 is 0. The zero-order chi connectivity index (χ0) is 11.7. The van der Waals surface area contributed by atoms with Crippen molar-refractivity contribution in [3.63, 3.8) is 0 Å². The van der Waals surface area contributed by atoms with E-state index in [0.717, 1.165) is 5.69 Å². The Kier molecular flexibility index (Phi) is 2.37. The van der Waals surface area contributed by atoms with Gasteiger partial charge in [0.2, 0.25) is 0 Å². The van der Waals surface area contributed by atoms with E-state index in [1.54, 1.807) is 0 Å². The standard InChI is InChI=1S/C16H13N/c1-12-5-6-14-11-15(8-7-13(14)10-12)16-4-2-3-9-17-16/h2-11H,1H3. The molecule has 0 spiro atoms. The van der Waals surface area contributed by atoms with Crippen LogP contribution in [0.3, 0.4) is 0 Å². The van der Waals surface area contributed by atoms with Gasteiger partial charge in [0.15, 0.2) is 0 Å². The van der Waals surface area contributed by atoms with Crippen LogP contribution >= 0.6 is 0 Å². The topological polar surface area (TPSA) is 12.9 Å². The molecule has 0 bridgehead atoms. The van der Waals surface area contributed by atoms with Gasteiger partial charge >= 0.3 is 0 Å². The highest BCUT2D eigenvalue weighted by atomic mass is 14.7. The van der Waals surface area contributed by atoms with E-state index in [4.69, 9.17) is 0 Å². The molecule has 0 aliphatic carbocycles. The summed E-state index contributed by atoms with van der Waals surface area (Å²) in [7, 11) is 0. The van der Waals surface area contributed by atoms with E-state index in [0.29, 0.717) is 0 Å². The van der Waals surface area contributed by atoms with Crippen LogP contribution in [0.15, 0.2) is 60.8 Å². The first-order chi connectivity index (χ1) is 8.33. The monoisotopic (exact) mass is 219 g/mol. The Hall–Kier alpha value is -2.15. The van der Waals surface area contributed by atoms with Crippen LogP contribution in [-0.2, 0) is 0 Å². The van der Waals surface area contributed by atoms with E-state index in [9.17, 15) is 0 Å². The second-order valence-corrected chi connectivity index (χ2v) is 4.28. The first-order valence-corrected chi connectivity index (χ1v) is 5.75. The highest BCUT2D eigenvalue weighted by Crippen LogP contribution is 2.23. The maximum Gasteiger partial charge on any atom is 0.0702 e. The molecule has 0 aliphatic rings. The Labute approximate surface area is 101 Å². The highest BCUT2D eigenvalue weighted by Gasteiger charge is 2.00. The van der Waals surface area contributed by atoms with E-state index in [1.807, 2.05) is 24.4 Å². The molecule has 0 saturated heterocycles. The molecule has 0 N–H and O–H groups in total. The van der Waals surface area contributed by atoms with Crippen LogP contribution in [0.25, 0.3) is 22.0 Å². The zero-order valence-corrected chi connectivity index (χ0v) is 9.72. The van der Waals surface area contributed by atoms with Gasteiger partial charge in [-0.05, 0) is 35.9 Å². The molecule has 0 radical (unpaired) electrons. The smallest absolute Gasteiger partial charge is 0.0702 e. The van der Waals surface area contributed by atoms with Gasteiger partial charge in [-0.15, -0.1) is 0 Å². The molecule has 2 aromatic carbocycles. The fraction of sp³-hybridized carbons (Fsp3) is 0.0625. The number of aryl methyl sites for hydroxylation is 1. The second-order valence-electron chi connectivity index (χ2n) is 4.28. The molecule has 3 aromatic rings. The van der Waals surface area contributed by atoms with Gasteiger partial charge in [-0.25, -0.2) is 0 Å². The van der Waals surface area contributed by atoms with Crippen molar-refractivity contribution >= 4 is 10.8 Å². The van der Waals surface area contributed by atoms with Crippen LogP contribution in [0.2, 0.25) is 0 Å². The predicted octanol–water partition coefficient (Wildman–Crippen LogP) is 4.21. The Morgan fingerprint density at radius 3 is 2.47 bits per heavy atom. The fourth-order valence-corrected chi connectivity index (χ4v) is 2.06. The lowest BCUT2D eigenvalue weighted by Crippen LogP contribution is -1.82. The molecule has 3 rings (SSSR count). The summed E-state index contributed by atoms with van der Waals surface area (Å²) in [5.74, 6) is 0.